The fourth-order valence-corrected chi connectivity index (χ4v) is 4.81. The van der Waals surface area contributed by atoms with Gasteiger partial charge in [-0.1, -0.05) is 74.2 Å². The zero-order valence-electron chi connectivity index (χ0n) is 16.7. The van der Waals surface area contributed by atoms with Crippen LogP contribution in [0.5, 0.6) is 0 Å². The Kier molecular flexibility index (Phi) is 5.56. The third-order valence-corrected chi connectivity index (χ3v) is 6.41. The Labute approximate surface area is 171 Å². The Hall–Kier alpha value is -2.82. The van der Waals surface area contributed by atoms with Crippen LogP contribution in [-0.2, 0) is 9.53 Å². The molecule has 1 amide bonds. The van der Waals surface area contributed by atoms with E-state index in [4.69, 9.17) is 4.74 Å². The molecular weight excluding hydrogens is 366 g/mol. The van der Waals surface area contributed by atoms with Crippen molar-refractivity contribution < 1.29 is 19.4 Å². The molecule has 2 aliphatic rings. The van der Waals surface area contributed by atoms with Gasteiger partial charge in [-0.05, 0) is 34.6 Å². The molecule has 2 aromatic carbocycles. The summed E-state index contributed by atoms with van der Waals surface area (Å²) in [7, 11) is 1.53. The molecule has 0 aliphatic heterocycles. The Balaban J connectivity index is 1.45. The van der Waals surface area contributed by atoms with Crippen LogP contribution < -0.4 is 0 Å². The van der Waals surface area contributed by atoms with E-state index in [1.165, 1.54) is 23.1 Å². The van der Waals surface area contributed by atoms with Gasteiger partial charge in [-0.3, -0.25) is 4.90 Å². The van der Waals surface area contributed by atoms with Crippen molar-refractivity contribution in [2.24, 2.45) is 5.92 Å². The van der Waals surface area contributed by atoms with Gasteiger partial charge in [-0.2, -0.15) is 0 Å². The smallest absolute Gasteiger partial charge is 0.410 e. The number of carboxylic acids is 1. The van der Waals surface area contributed by atoms with Crippen molar-refractivity contribution in [3.63, 3.8) is 0 Å². The number of carbonyl (C=O) groups is 2. The number of aliphatic carboxylic acids is 1. The largest absolute Gasteiger partial charge is 0.480 e. The average molecular weight is 393 g/mol. The standard InChI is InChI=1S/C24H27NO4/c1-25(22(23(26)27)14-16-8-2-3-9-16)24(28)29-15-21-19-12-6-4-10-17(19)18-11-5-7-13-20(18)21/h4-7,10-13,16,21-22H,2-3,8-9,14-15H2,1H3,(H,26,27)/t22-/m1/s1. The molecule has 152 valence electrons. The van der Waals surface area contributed by atoms with Gasteiger partial charge in [-0.15, -0.1) is 0 Å². The van der Waals surface area contributed by atoms with E-state index in [1.54, 1.807) is 0 Å². The van der Waals surface area contributed by atoms with E-state index >= 15 is 0 Å². The first-order valence-corrected chi connectivity index (χ1v) is 10.4. The van der Waals surface area contributed by atoms with Crippen molar-refractivity contribution in [2.45, 2.75) is 44.1 Å². The van der Waals surface area contributed by atoms with Gasteiger partial charge in [-0.25, -0.2) is 9.59 Å². The normalized spacial score (nSPS) is 16.9. The minimum absolute atomic E-state index is 0.0298. The first-order chi connectivity index (χ1) is 14.1. The van der Waals surface area contributed by atoms with E-state index < -0.39 is 18.1 Å². The molecule has 1 saturated carbocycles. The van der Waals surface area contributed by atoms with E-state index in [1.807, 2.05) is 24.3 Å². The number of rotatable bonds is 6. The maximum Gasteiger partial charge on any atom is 0.410 e. The summed E-state index contributed by atoms with van der Waals surface area (Å²) in [5.74, 6) is -0.620. The number of benzene rings is 2. The van der Waals surface area contributed by atoms with Gasteiger partial charge in [0, 0.05) is 13.0 Å². The fraction of sp³-hybridized carbons (Fsp3) is 0.417. The molecule has 2 aliphatic carbocycles. The summed E-state index contributed by atoms with van der Waals surface area (Å²) in [6.45, 7) is 0.201. The number of fused-ring (bicyclic) bond motifs is 3. The quantitative estimate of drug-likeness (QED) is 0.758. The number of carboxylic acid groups (broad SMARTS) is 1. The van der Waals surface area contributed by atoms with Crippen molar-refractivity contribution in [3.8, 4) is 11.1 Å². The second-order valence-electron chi connectivity index (χ2n) is 8.16. The molecule has 0 bridgehead atoms. The van der Waals surface area contributed by atoms with Crippen LogP contribution in [0.2, 0.25) is 0 Å². The molecule has 0 heterocycles. The summed E-state index contributed by atoms with van der Waals surface area (Å²) in [6.07, 6.45) is 4.30. The average Bonchev–Trinajstić information content (AvgIpc) is 3.36. The van der Waals surface area contributed by atoms with Crippen LogP contribution in [0, 0.1) is 5.92 Å². The Bertz CT molecular complexity index is 858. The zero-order valence-corrected chi connectivity index (χ0v) is 16.7. The molecular formula is C24H27NO4. The SMILES string of the molecule is CN(C(=O)OCC1c2ccccc2-c2ccccc21)[C@H](CC1CCCC1)C(=O)O. The van der Waals surface area contributed by atoms with Crippen molar-refractivity contribution in [2.75, 3.05) is 13.7 Å². The van der Waals surface area contributed by atoms with Crippen LogP contribution >= 0.6 is 0 Å². The molecule has 0 spiro atoms. The molecule has 0 radical (unpaired) electrons. The van der Waals surface area contributed by atoms with Gasteiger partial charge >= 0.3 is 12.1 Å². The van der Waals surface area contributed by atoms with E-state index in [9.17, 15) is 14.7 Å². The lowest BCUT2D eigenvalue weighted by Crippen LogP contribution is -2.44. The molecule has 1 atom stereocenters. The summed E-state index contributed by atoms with van der Waals surface area (Å²) in [5, 5.41) is 9.64. The van der Waals surface area contributed by atoms with Gasteiger partial charge in [0.15, 0.2) is 0 Å². The van der Waals surface area contributed by atoms with Gasteiger partial charge in [0.25, 0.3) is 0 Å². The number of amides is 1. The molecule has 0 aromatic heterocycles. The Morgan fingerprint density at radius 1 is 1.03 bits per heavy atom. The molecule has 5 heteroatoms. The maximum atomic E-state index is 12.7. The fourth-order valence-electron chi connectivity index (χ4n) is 4.81. The van der Waals surface area contributed by atoms with Crippen molar-refractivity contribution >= 4 is 12.1 Å². The molecule has 2 aromatic rings. The van der Waals surface area contributed by atoms with Crippen LogP contribution in [0.25, 0.3) is 11.1 Å². The number of carbonyl (C=O) groups excluding carboxylic acids is 1. The lowest BCUT2D eigenvalue weighted by molar-refractivity contribution is -0.143. The predicted molar refractivity (Wildman–Crippen MR) is 111 cm³/mol. The summed E-state index contributed by atoms with van der Waals surface area (Å²) >= 11 is 0. The van der Waals surface area contributed by atoms with Gasteiger partial charge in [0.1, 0.15) is 12.6 Å². The predicted octanol–water partition coefficient (Wildman–Crippen LogP) is 4.90. The summed E-state index contributed by atoms with van der Waals surface area (Å²) < 4.78 is 5.62. The number of hydrogen-bond acceptors (Lipinski definition) is 3. The van der Waals surface area contributed by atoms with Crippen LogP contribution in [0.3, 0.4) is 0 Å². The van der Waals surface area contributed by atoms with E-state index in [0.717, 1.165) is 36.8 Å². The minimum atomic E-state index is -0.965. The van der Waals surface area contributed by atoms with E-state index in [0.29, 0.717) is 12.3 Å². The Morgan fingerprint density at radius 3 is 2.14 bits per heavy atom. The van der Waals surface area contributed by atoms with E-state index in [-0.39, 0.29) is 12.5 Å². The van der Waals surface area contributed by atoms with Crippen LogP contribution in [-0.4, -0.2) is 41.8 Å². The van der Waals surface area contributed by atoms with Crippen LogP contribution in [0.4, 0.5) is 4.79 Å². The number of hydrogen-bond donors (Lipinski definition) is 1. The monoisotopic (exact) mass is 393 g/mol. The summed E-state index contributed by atoms with van der Waals surface area (Å²) in [6, 6.07) is 15.5. The molecule has 4 rings (SSSR count). The third-order valence-electron chi connectivity index (χ3n) is 6.41. The zero-order chi connectivity index (χ0) is 20.4. The number of likely N-dealkylation sites (N-methyl/N-ethyl adjacent to an activating group) is 1. The van der Waals surface area contributed by atoms with Crippen molar-refractivity contribution in [1.82, 2.24) is 4.90 Å². The van der Waals surface area contributed by atoms with Crippen molar-refractivity contribution in [1.29, 1.82) is 0 Å². The second-order valence-corrected chi connectivity index (χ2v) is 8.16. The molecule has 1 N–H and O–H groups in total. The lowest BCUT2D eigenvalue weighted by Gasteiger charge is -2.27. The van der Waals surface area contributed by atoms with Gasteiger partial charge in [0.05, 0.1) is 0 Å². The highest BCUT2D eigenvalue weighted by molar-refractivity contribution is 5.81. The van der Waals surface area contributed by atoms with Crippen LogP contribution in [0.1, 0.15) is 49.1 Å². The Morgan fingerprint density at radius 2 is 1.59 bits per heavy atom. The third kappa shape index (κ3) is 3.86. The van der Waals surface area contributed by atoms with Gasteiger partial charge in [0.2, 0.25) is 0 Å². The van der Waals surface area contributed by atoms with Crippen molar-refractivity contribution in [3.05, 3.63) is 59.7 Å². The first-order valence-electron chi connectivity index (χ1n) is 10.4. The molecule has 1 fully saturated rings. The first kappa shape index (κ1) is 19.5. The lowest BCUT2D eigenvalue weighted by atomic mass is 9.97. The molecule has 0 unspecified atom stereocenters. The van der Waals surface area contributed by atoms with Gasteiger partial charge < -0.3 is 9.84 Å². The van der Waals surface area contributed by atoms with E-state index in [2.05, 4.69) is 24.3 Å². The van der Waals surface area contributed by atoms with Crippen LogP contribution in [0.15, 0.2) is 48.5 Å². The number of nitrogens with zero attached hydrogens (tertiary/aromatic N) is 1. The molecule has 5 nitrogen and oxygen atoms in total. The summed E-state index contributed by atoms with van der Waals surface area (Å²) in [4.78, 5) is 25.7. The maximum absolute atomic E-state index is 12.7. The molecule has 0 saturated heterocycles. The highest BCUT2D eigenvalue weighted by atomic mass is 16.6. The highest BCUT2D eigenvalue weighted by Crippen LogP contribution is 2.44. The molecule has 29 heavy (non-hydrogen) atoms. The highest BCUT2D eigenvalue weighted by Gasteiger charge is 2.33. The minimum Gasteiger partial charge on any atom is -0.480 e. The summed E-state index contributed by atoms with van der Waals surface area (Å²) in [5.41, 5.74) is 4.62. The topological polar surface area (TPSA) is 66.8 Å². The number of ether oxygens (including phenoxy) is 1. The second kappa shape index (κ2) is 8.27.